The van der Waals surface area contributed by atoms with Crippen LogP contribution in [0.2, 0.25) is 0 Å². The van der Waals surface area contributed by atoms with Crippen LogP contribution in [0.1, 0.15) is 23.4 Å². The molecule has 0 radical (unpaired) electrons. The predicted molar refractivity (Wildman–Crippen MR) is 78.8 cm³/mol. The second-order valence-corrected chi connectivity index (χ2v) is 7.81. The van der Waals surface area contributed by atoms with E-state index in [9.17, 15) is 13.2 Å². The molecule has 0 aliphatic carbocycles. The van der Waals surface area contributed by atoms with Crippen molar-refractivity contribution >= 4 is 31.9 Å². The van der Waals surface area contributed by atoms with Crippen LogP contribution in [0.15, 0.2) is 20.0 Å². The van der Waals surface area contributed by atoms with Crippen molar-refractivity contribution in [3.8, 4) is 0 Å². The SMILES string of the molecule is CN(C)CC1CCCN1S(=O)(=O)c1cc(C(=O)O)oc1Br. The first-order valence-electron chi connectivity index (χ1n) is 6.42. The van der Waals surface area contributed by atoms with Crippen LogP contribution in [-0.4, -0.2) is 61.9 Å². The molecule has 1 N–H and O–H groups in total. The van der Waals surface area contributed by atoms with E-state index in [4.69, 9.17) is 9.52 Å². The van der Waals surface area contributed by atoms with Crippen molar-refractivity contribution in [3.05, 3.63) is 16.5 Å². The molecule has 2 heterocycles. The average molecular weight is 381 g/mol. The van der Waals surface area contributed by atoms with Gasteiger partial charge in [-0.25, -0.2) is 13.2 Å². The van der Waals surface area contributed by atoms with Gasteiger partial charge in [0.1, 0.15) is 4.90 Å². The van der Waals surface area contributed by atoms with Gasteiger partial charge in [-0.05, 0) is 42.9 Å². The third-order valence-corrected chi connectivity index (χ3v) is 6.16. The van der Waals surface area contributed by atoms with Gasteiger partial charge in [0.05, 0.1) is 0 Å². The summed E-state index contributed by atoms with van der Waals surface area (Å²) in [5, 5.41) is 8.89. The van der Waals surface area contributed by atoms with Crippen molar-refractivity contribution in [3.63, 3.8) is 0 Å². The molecule has 1 saturated heterocycles. The van der Waals surface area contributed by atoms with Crippen LogP contribution in [0.3, 0.4) is 0 Å². The van der Waals surface area contributed by atoms with Crippen LogP contribution < -0.4 is 0 Å². The number of furan rings is 1. The summed E-state index contributed by atoms with van der Waals surface area (Å²) < 4.78 is 31.7. The maximum atomic E-state index is 12.7. The lowest BCUT2D eigenvalue weighted by Gasteiger charge is -2.25. The summed E-state index contributed by atoms with van der Waals surface area (Å²) in [7, 11) is 0.00248. The van der Waals surface area contributed by atoms with Gasteiger partial charge in [0, 0.05) is 25.2 Å². The van der Waals surface area contributed by atoms with E-state index in [0.717, 1.165) is 18.9 Å². The highest BCUT2D eigenvalue weighted by Crippen LogP contribution is 2.32. The summed E-state index contributed by atoms with van der Waals surface area (Å²) in [5.41, 5.74) is 0. The highest BCUT2D eigenvalue weighted by molar-refractivity contribution is 9.10. The Bertz CT molecular complexity index is 640. The molecule has 1 unspecified atom stereocenters. The van der Waals surface area contributed by atoms with E-state index in [1.54, 1.807) is 0 Å². The summed E-state index contributed by atoms with van der Waals surface area (Å²) in [6.45, 7) is 1.06. The van der Waals surface area contributed by atoms with E-state index in [1.807, 2.05) is 19.0 Å². The van der Waals surface area contributed by atoms with Crippen LogP contribution in [0.4, 0.5) is 0 Å². The van der Waals surface area contributed by atoms with Gasteiger partial charge in [-0.2, -0.15) is 4.31 Å². The van der Waals surface area contributed by atoms with Gasteiger partial charge in [0.25, 0.3) is 0 Å². The van der Waals surface area contributed by atoms with Crippen LogP contribution in [-0.2, 0) is 10.0 Å². The van der Waals surface area contributed by atoms with Gasteiger partial charge < -0.3 is 14.4 Å². The number of carbonyl (C=O) groups is 1. The first kappa shape index (κ1) is 16.5. The maximum absolute atomic E-state index is 12.7. The molecule has 21 heavy (non-hydrogen) atoms. The molecule has 0 aromatic carbocycles. The lowest BCUT2D eigenvalue weighted by molar-refractivity contribution is 0.0661. The fraction of sp³-hybridized carbons (Fsp3) is 0.583. The number of sulfonamides is 1. The molecule has 1 aliphatic rings. The Labute approximate surface area is 131 Å². The van der Waals surface area contributed by atoms with Crippen molar-refractivity contribution in [2.45, 2.75) is 23.8 Å². The smallest absolute Gasteiger partial charge is 0.371 e. The molecule has 1 aromatic heterocycles. The zero-order valence-electron chi connectivity index (χ0n) is 11.7. The lowest BCUT2D eigenvalue weighted by atomic mass is 10.2. The minimum atomic E-state index is -3.77. The molecule has 0 saturated carbocycles. The molecule has 0 amide bonds. The number of nitrogens with zero attached hydrogens (tertiary/aromatic N) is 2. The second kappa shape index (κ2) is 6.07. The number of hydrogen-bond donors (Lipinski definition) is 1. The van der Waals surface area contributed by atoms with E-state index in [1.165, 1.54) is 4.31 Å². The van der Waals surface area contributed by atoms with Crippen LogP contribution >= 0.6 is 15.9 Å². The first-order chi connectivity index (χ1) is 9.73. The molecule has 2 rings (SSSR count). The topological polar surface area (TPSA) is 91.1 Å². The van der Waals surface area contributed by atoms with E-state index >= 15 is 0 Å². The molecular formula is C12H17BrN2O5S. The Hall–Kier alpha value is -0.900. The molecular weight excluding hydrogens is 364 g/mol. The summed E-state index contributed by atoms with van der Waals surface area (Å²) >= 11 is 2.99. The normalized spacial score (nSPS) is 20.3. The van der Waals surface area contributed by atoms with Gasteiger partial charge in [0.2, 0.25) is 15.8 Å². The third-order valence-electron chi connectivity index (χ3n) is 3.35. The lowest BCUT2D eigenvalue weighted by Crippen LogP contribution is -2.41. The Morgan fingerprint density at radius 3 is 2.76 bits per heavy atom. The van der Waals surface area contributed by atoms with Gasteiger partial charge in [0.15, 0.2) is 4.67 Å². The average Bonchev–Trinajstić information content (AvgIpc) is 2.95. The molecule has 0 bridgehead atoms. The van der Waals surface area contributed by atoms with Crippen molar-refractivity contribution in [2.24, 2.45) is 0 Å². The van der Waals surface area contributed by atoms with E-state index in [0.29, 0.717) is 13.1 Å². The molecule has 1 aromatic rings. The van der Waals surface area contributed by atoms with Gasteiger partial charge in [-0.1, -0.05) is 0 Å². The largest absolute Gasteiger partial charge is 0.475 e. The zero-order chi connectivity index (χ0) is 15.8. The zero-order valence-corrected chi connectivity index (χ0v) is 14.1. The van der Waals surface area contributed by atoms with Gasteiger partial charge in [-0.15, -0.1) is 0 Å². The van der Waals surface area contributed by atoms with Crippen LogP contribution in [0.25, 0.3) is 0 Å². The Morgan fingerprint density at radius 1 is 1.57 bits per heavy atom. The number of likely N-dealkylation sites (N-methyl/N-ethyl adjacent to an activating group) is 1. The fourth-order valence-electron chi connectivity index (χ4n) is 2.49. The third kappa shape index (κ3) is 3.31. The number of hydrogen-bond acceptors (Lipinski definition) is 5. The predicted octanol–water partition coefficient (Wildman–Crippen LogP) is 1.46. The van der Waals surface area contributed by atoms with Crippen molar-refractivity contribution in [1.82, 2.24) is 9.21 Å². The number of carboxylic acid groups (broad SMARTS) is 1. The highest BCUT2D eigenvalue weighted by Gasteiger charge is 2.38. The first-order valence-corrected chi connectivity index (χ1v) is 8.66. The molecule has 0 spiro atoms. The van der Waals surface area contributed by atoms with Crippen molar-refractivity contribution in [2.75, 3.05) is 27.2 Å². The van der Waals surface area contributed by atoms with Crippen LogP contribution in [0.5, 0.6) is 0 Å². The fourth-order valence-corrected chi connectivity index (χ4v) is 5.08. The second-order valence-electron chi connectivity index (χ2n) is 5.23. The monoisotopic (exact) mass is 380 g/mol. The number of rotatable bonds is 5. The molecule has 1 aliphatic heterocycles. The Morgan fingerprint density at radius 2 is 2.24 bits per heavy atom. The Balaban J connectivity index is 2.35. The highest BCUT2D eigenvalue weighted by atomic mass is 79.9. The van der Waals surface area contributed by atoms with Gasteiger partial charge in [-0.3, -0.25) is 0 Å². The summed E-state index contributed by atoms with van der Waals surface area (Å²) in [6, 6.07) is 0.937. The van der Waals surface area contributed by atoms with E-state index in [2.05, 4.69) is 15.9 Å². The van der Waals surface area contributed by atoms with Crippen molar-refractivity contribution < 1.29 is 22.7 Å². The maximum Gasteiger partial charge on any atom is 0.371 e. The van der Waals surface area contributed by atoms with Crippen LogP contribution in [0, 0.1) is 0 Å². The standard InChI is InChI=1S/C12H17BrN2O5S/c1-14(2)7-8-4-3-5-15(8)21(18,19)10-6-9(12(16)17)20-11(10)13/h6,8H,3-5,7H2,1-2H3,(H,16,17). The molecule has 7 nitrogen and oxygen atoms in total. The molecule has 1 fully saturated rings. The van der Waals surface area contributed by atoms with E-state index in [-0.39, 0.29) is 15.6 Å². The summed E-state index contributed by atoms with van der Waals surface area (Å²) in [4.78, 5) is 12.7. The molecule has 1 atom stereocenters. The summed E-state index contributed by atoms with van der Waals surface area (Å²) in [6.07, 6.45) is 1.58. The molecule has 118 valence electrons. The Kier molecular flexibility index (Phi) is 4.76. The number of carboxylic acids is 1. The minimum absolute atomic E-state index is 0.0737. The van der Waals surface area contributed by atoms with Gasteiger partial charge >= 0.3 is 5.97 Å². The molecule has 9 heteroatoms. The quantitative estimate of drug-likeness (QED) is 0.831. The minimum Gasteiger partial charge on any atom is -0.475 e. The number of halogens is 1. The van der Waals surface area contributed by atoms with Crippen molar-refractivity contribution in [1.29, 1.82) is 0 Å². The van der Waals surface area contributed by atoms with E-state index < -0.39 is 21.8 Å². The number of aromatic carboxylic acids is 1. The summed E-state index contributed by atoms with van der Waals surface area (Å²) in [5.74, 6) is -1.70.